The fourth-order valence-electron chi connectivity index (χ4n) is 6.56. The Kier molecular flexibility index (Phi) is 4.90. The van der Waals surface area contributed by atoms with Gasteiger partial charge in [0.2, 0.25) is 0 Å². The summed E-state index contributed by atoms with van der Waals surface area (Å²) in [4.78, 5) is 10.2. The van der Waals surface area contributed by atoms with E-state index in [1.54, 1.807) is 0 Å². The lowest BCUT2D eigenvalue weighted by Gasteiger charge is -2.15. The van der Waals surface area contributed by atoms with Crippen LogP contribution in [0.2, 0.25) is 0 Å². The first kappa shape index (κ1) is 22.9. The molecular weight excluding hydrogens is 515 g/mol. The van der Waals surface area contributed by atoms with E-state index in [1.165, 1.54) is 59.4 Å². The molecule has 7 aromatic carbocycles. The van der Waals surface area contributed by atoms with Crippen LogP contribution in [-0.4, -0.2) is 9.97 Å². The van der Waals surface area contributed by atoms with Gasteiger partial charge in [-0.25, -0.2) is 9.97 Å². The predicted octanol–water partition coefficient (Wildman–Crippen LogP) is 8.23. The zero-order chi connectivity index (χ0) is 26.9. The normalized spacial score (nSPS) is 12.1. The molecule has 0 aliphatic heterocycles. The molecular formula is C38H24N2P+. The molecule has 0 amide bonds. The van der Waals surface area contributed by atoms with E-state index in [0.717, 1.165) is 22.4 Å². The Bertz CT molecular complexity index is 2210. The van der Waals surface area contributed by atoms with Crippen LogP contribution in [-0.2, 0) is 0 Å². The van der Waals surface area contributed by atoms with Crippen LogP contribution in [0.4, 0.5) is 0 Å². The molecule has 0 spiro atoms. The predicted molar refractivity (Wildman–Crippen MR) is 177 cm³/mol. The monoisotopic (exact) mass is 539 g/mol. The third kappa shape index (κ3) is 3.48. The summed E-state index contributed by atoms with van der Waals surface area (Å²) in [6.07, 6.45) is 0. The number of benzene rings is 7. The molecule has 0 fully saturated rings. The fourth-order valence-corrected chi connectivity index (χ4v) is 9.35. The van der Waals surface area contributed by atoms with Crippen LogP contribution in [0.3, 0.4) is 0 Å². The minimum absolute atomic E-state index is 0.938. The highest BCUT2D eigenvalue weighted by Crippen LogP contribution is 2.48. The van der Waals surface area contributed by atoms with Gasteiger partial charge < -0.3 is 0 Å². The van der Waals surface area contributed by atoms with Gasteiger partial charge in [-0.1, -0.05) is 91.0 Å². The average Bonchev–Trinajstić information content (AvgIpc) is 3.34. The number of hydrogen-bond acceptors (Lipinski definition) is 2. The minimum atomic E-state index is -1.35. The van der Waals surface area contributed by atoms with Crippen LogP contribution >= 0.6 is 7.92 Å². The second kappa shape index (κ2) is 8.80. The molecule has 3 heteroatoms. The molecule has 0 saturated carbocycles. The molecule has 1 aromatic heterocycles. The molecule has 0 N–H and O–H groups in total. The van der Waals surface area contributed by atoms with Crippen molar-refractivity contribution in [2.75, 3.05) is 0 Å². The maximum atomic E-state index is 5.10. The van der Waals surface area contributed by atoms with Gasteiger partial charge in [-0.2, -0.15) is 0 Å². The molecule has 41 heavy (non-hydrogen) atoms. The maximum absolute atomic E-state index is 5.10. The Morgan fingerprint density at radius 1 is 0.415 bits per heavy atom. The summed E-state index contributed by atoms with van der Waals surface area (Å²) in [5.41, 5.74) is 6.23. The van der Waals surface area contributed by atoms with E-state index in [1.807, 2.05) is 12.1 Å². The van der Waals surface area contributed by atoms with Crippen molar-refractivity contribution in [3.05, 3.63) is 140 Å². The van der Waals surface area contributed by atoms with Gasteiger partial charge in [0.25, 0.3) is 0 Å². The van der Waals surface area contributed by atoms with Crippen LogP contribution in [0, 0.1) is 0 Å². The van der Waals surface area contributed by atoms with Crippen molar-refractivity contribution in [2.45, 2.75) is 0 Å². The van der Waals surface area contributed by atoms with Gasteiger partial charge in [0.05, 0.1) is 30.3 Å². The second-order valence-electron chi connectivity index (χ2n) is 10.8. The lowest BCUT2D eigenvalue weighted by Crippen LogP contribution is -2.21. The Labute approximate surface area is 238 Å². The van der Waals surface area contributed by atoms with Crippen molar-refractivity contribution < 1.29 is 0 Å². The van der Waals surface area contributed by atoms with Gasteiger partial charge in [0.15, 0.2) is 0 Å². The molecule has 2 nitrogen and oxygen atoms in total. The average molecular weight is 540 g/mol. The van der Waals surface area contributed by atoms with E-state index < -0.39 is 7.92 Å². The van der Waals surface area contributed by atoms with Crippen molar-refractivity contribution in [1.29, 1.82) is 0 Å². The van der Waals surface area contributed by atoms with Crippen molar-refractivity contribution in [2.24, 2.45) is 0 Å². The highest BCUT2D eigenvalue weighted by atomic mass is 31.1. The summed E-state index contributed by atoms with van der Waals surface area (Å²) in [6, 6.07) is 51.0. The SMILES string of the molecule is c1ccc2cc([PH+](c3ccc4ccccc4c3)c3ccc4c5c(cccc35)-c3nc5ccccc5nc3-4)ccc2c1. The largest absolute Gasteiger partial charge is 0.244 e. The zero-order valence-corrected chi connectivity index (χ0v) is 23.2. The first-order valence-electron chi connectivity index (χ1n) is 14.0. The third-order valence-corrected chi connectivity index (χ3v) is 11.2. The Morgan fingerprint density at radius 2 is 0.951 bits per heavy atom. The summed E-state index contributed by atoms with van der Waals surface area (Å²) < 4.78 is 0. The molecule has 0 radical (unpaired) electrons. The number of fused-ring (bicyclic) bond motifs is 6. The number of nitrogens with zero attached hydrogens (tertiary/aromatic N) is 2. The van der Waals surface area contributed by atoms with Crippen LogP contribution < -0.4 is 15.9 Å². The quantitative estimate of drug-likeness (QED) is 0.211. The molecule has 190 valence electrons. The van der Waals surface area contributed by atoms with E-state index in [-0.39, 0.29) is 0 Å². The van der Waals surface area contributed by atoms with Crippen molar-refractivity contribution in [3.63, 3.8) is 0 Å². The molecule has 8 aromatic rings. The smallest absolute Gasteiger partial charge is 0.110 e. The first-order valence-corrected chi connectivity index (χ1v) is 15.5. The molecule has 0 atom stereocenters. The molecule has 1 aliphatic rings. The van der Waals surface area contributed by atoms with Crippen LogP contribution in [0.25, 0.3) is 65.9 Å². The van der Waals surface area contributed by atoms with Gasteiger partial charge in [-0.05, 0) is 70.1 Å². The Hall–Kier alpha value is -4.91. The highest BCUT2D eigenvalue weighted by molar-refractivity contribution is 7.80. The van der Waals surface area contributed by atoms with Gasteiger partial charge in [-0.3, -0.25) is 0 Å². The van der Waals surface area contributed by atoms with Crippen molar-refractivity contribution in [3.8, 4) is 22.5 Å². The molecule has 0 saturated heterocycles. The molecule has 9 rings (SSSR count). The van der Waals surface area contributed by atoms with Crippen LogP contribution in [0.5, 0.6) is 0 Å². The summed E-state index contributed by atoms with van der Waals surface area (Å²) >= 11 is 0. The fraction of sp³-hybridized carbons (Fsp3) is 0. The number of rotatable bonds is 3. The molecule has 0 bridgehead atoms. The standard InChI is InChI=1S/C38H23N2P/c1-3-10-26-22-28(18-16-24(26)8-1)41(29-19-17-25-9-2-4-11-27(25)23-29)35-21-20-32-36-30(35)12-7-13-31(36)37-38(32)40-34-15-6-5-14-33(34)39-37/h1-23H/p+1. The Balaban J connectivity index is 1.33. The van der Waals surface area contributed by atoms with E-state index >= 15 is 0 Å². The maximum Gasteiger partial charge on any atom is 0.110 e. The minimum Gasteiger partial charge on any atom is -0.244 e. The van der Waals surface area contributed by atoms with Crippen LogP contribution in [0.15, 0.2) is 140 Å². The first-order chi connectivity index (χ1) is 20.3. The van der Waals surface area contributed by atoms with Gasteiger partial charge >= 0.3 is 0 Å². The number of aromatic nitrogens is 2. The molecule has 1 aliphatic carbocycles. The van der Waals surface area contributed by atoms with Crippen molar-refractivity contribution in [1.82, 2.24) is 9.97 Å². The number of para-hydroxylation sites is 2. The van der Waals surface area contributed by atoms with Crippen molar-refractivity contribution >= 4 is 67.2 Å². The van der Waals surface area contributed by atoms with E-state index in [9.17, 15) is 0 Å². The number of hydrogen-bond donors (Lipinski definition) is 0. The second-order valence-corrected chi connectivity index (χ2v) is 13.2. The summed E-state index contributed by atoms with van der Waals surface area (Å²) in [5, 5.41) is 11.9. The molecule has 0 unspecified atom stereocenters. The topological polar surface area (TPSA) is 25.8 Å². The third-order valence-electron chi connectivity index (χ3n) is 8.47. The van der Waals surface area contributed by atoms with E-state index in [4.69, 9.17) is 9.97 Å². The lowest BCUT2D eigenvalue weighted by molar-refractivity contribution is 1.32. The van der Waals surface area contributed by atoms with E-state index in [2.05, 4.69) is 127 Å². The molecule has 1 heterocycles. The van der Waals surface area contributed by atoms with E-state index in [0.29, 0.717) is 0 Å². The zero-order valence-electron chi connectivity index (χ0n) is 22.2. The summed E-state index contributed by atoms with van der Waals surface area (Å²) in [7, 11) is -1.35. The van der Waals surface area contributed by atoms with Gasteiger partial charge in [-0.15, -0.1) is 0 Å². The van der Waals surface area contributed by atoms with Gasteiger partial charge in [0, 0.05) is 21.9 Å². The Morgan fingerprint density at radius 3 is 1.56 bits per heavy atom. The summed E-state index contributed by atoms with van der Waals surface area (Å²) in [5.74, 6) is 0. The van der Waals surface area contributed by atoms with Gasteiger partial charge in [0.1, 0.15) is 15.9 Å². The highest BCUT2D eigenvalue weighted by Gasteiger charge is 2.32. The lowest BCUT2D eigenvalue weighted by atomic mass is 10.0. The van der Waals surface area contributed by atoms with Crippen LogP contribution in [0.1, 0.15) is 0 Å². The summed E-state index contributed by atoms with van der Waals surface area (Å²) in [6.45, 7) is 0.